The van der Waals surface area contributed by atoms with Crippen LogP contribution in [0.1, 0.15) is 21.6 Å². The summed E-state index contributed by atoms with van der Waals surface area (Å²) in [6, 6.07) is 13.1. The molecule has 0 unspecified atom stereocenters. The van der Waals surface area contributed by atoms with Gasteiger partial charge in [-0.1, -0.05) is 59.8 Å². The van der Waals surface area contributed by atoms with Gasteiger partial charge in [-0.3, -0.25) is 0 Å². The number of benzene rings is 2. The summed E-state index contributed by atoms with van der Waals surface area (Å²) in [7, 11) is 0. The molecule has 0 radical (unpaired) electrons. The lowest BCUT2D eigenvalue weighted by molar-refractivity contribution is -0.255. The lowest BCUT2D eigenvalue weighted by Crippen LogP contribution is -2.21. The summed E-state index contributed by atoms with van der Waals surface area (Å²) in [5.41, 5.74) is 0.312. The Morgan fingerprint density at radius 2 is 1.68 bits per heavy atom. The number of carbonyl (C=O) groups is 1. The summed E-state index contributed by atoms with van der Waals surface area (Å²) in [5, 5.41) is 11.2. The van der Waals surface area contributed by atoms with E-state index in [4.69, 9.17) is 11.6 Å². The van der Waals surface area contributed by atoms with E-state index in [1.54, 1.807) is 36.4 Å². The van der Waals surface area contributed by atoms with Gasteiger partial charge in [0, 0.05) is 16.3 Å². The highest BCUT2D eigenvalue weighted by Crippen LogP contribution is 2.33. The van der Waals surface area contributed by atoms with Crippen LogP contribution < -0.4 is 5.11 Å². The predicted octanol–water partition coefficient (Wildman–Crippen LogP) is 4.47. The number of rotatable bonds is 5. The Morgan fingerprint density at radius 3 is 2.25 bits per heavy atom. The standard InChI is InChI=1S/C19H12ClF3N2O2S/c20-14-7-5-12(6-8-14)15-9-16(19(21,22)23)25-18(24-15)28-10-11-1-3-13(4-2-11)17(26)27/h1-9H,10H2,(H,26,27)/p-1. The maximum absolute atomic E-state index is 13.2. The van der Waals surface area contributed by atoms with Gasteiger partial charge in [0.1, 0.15) is 5.69 Å². The Bertz CT molecular complexity index is 994. The topological polar surface area (TPSA) is 65.9 Å². The zero-order valence-corrected chi connectivity index (χ0v) is 15.6. The van der Waals surface area contributed by atoms with Crippen LogP contribution in [0.25, 0.3) is 11.3 Å². The maximum Gasteiger partial charge on any atom is 0.433 e. The first kappa shape index (κ1) is 20.2. The van der Waals surface area contributed by atoms with E-state index in [-0.39, 0.29) is 22.2 Å². The summed E-state index contributed by atoms with van der Waals surface area (Å²) in [5.74, 6) is -1.03. The molecule has 0 saturated carbocycles. The number of aromatic nitrogens is 2. The monoisotopic (exact) mass is 423 g/mol. The van der Waals surface area contributed by atoms with Crippen LogP contribution in [-0.2, 0) is 11.9 Å². The SMILES string of the molecule is O=C([O-])c1ccc(CSc2nc(-c3ccc(Cl)cc3)cc(C(F)(F)F)n2)cc1. The second-order valence-electron chi connectivity index (χ2n) is 5.70. The van der Waals surface area contributed by atoms with Crippen molar-refractivity contribution in [2.24, 2.45) is 0 Å². The van der Waals surface area contributed by atoms with Gasteiger partial charge in [0.2, 0.25) is 0 Å². The van der Waals surface area contributed by atoms with Crippen LogP contribution in [0.5, 0.6) is 0 Å². The smallest absolute Gasteiger partial charge is 0.433 e. The van der Waals surface area contributed by atoms with Gasteiger partial charge >= 0.3 is 6.18 Å². The molecule has 0 spiro atoms. The third-order valence-electron chi connectivity index (χ3n) is 3.69. The van der Waals surface area contributed by atoms with Gasteiger partial charge < -0.3 is 9.90 Å². The fourth-order valence-electron chi connectivity index (χ4n) is 2.29. The zero-order valence-electron chi connectivity index (χ0n) is 14.0. The fraction of sp³-hybridized carbons (Fsp3) is 0.105. The minimum Gasteiger partial charge on any atom is -0.545 e. The molecule has 0 fully saturated rings. The molecule has 0 amide bonds. The van der Waals surface area contributed by atoms with Crippen molar-refractivity contribution in [3.8, 4) is 11.3 Å². The van der Waals surface area contributed by atoms with Gasteiger partial charge in [-0.2, -0.15) is 13.2 Å². The highest BCUT2D eigenvalue weighted by molar-refractivity contribution is 7.98. The lowest BCUT2D eigenvalue weighted by atomic mass is 10.1. The highest BCUT2D eigenvalue weighted by atomic mass is 35.5. The Labute approximate surface area is 167 Å². The van der Waals surface area contributed by atoms with Crippen LogP contribution >= 0.6 is 23.4 Å². The number of carboxylic acids is 1. The Hall–Kier alpha value is -2.58. The molecule has 9 heteroatoms. The first-order chi connectivity index (χ1) is 13.2. The van der Waals surface area contributed by atoms with Gasteiger partial charge in [0.15, 0.2) is 5.16 Å². The molecule has 0 aliphatic carbocycles. The van der Waals surface area contributed by atoms with Gasteiger partial charge in [0.05, 0.1) is 11.7 Å². The summed E-state index contributed by atoms with van der Waals surface area (Å²) in [4.78, 5) is 18.6. The molecule has 3 rings (SSSR count). The van der Waals surface area contributed by atoms with Crippen molar-refractivity contribution in [3.63, 3.8) is 0 Å². The molecule has 0 aliphatic rings. The van der Waals surface area contributed by atoms with Crippen molar-refractivity contribution in [1.82, 2.24) is 9.97 Å². The molecule has 0 N–H and O–H groups in total. The van der Waals surface area contributed by atoms with Crippen molar-refractivity contribution in [2.75, 3.05) is 0 Å². The number of alkyl halides is 3. The number of carbonyl (C=O) groups excluding carboxylic acids is 1. The van der Waals surface area contributed by atoms with E-state index in [1.165, 1.54) is 12.1 Å². The minimum absolute atomic E-state index is 0.0223. The Kier molecular flexibility index (Phi) is 5.90. The van der Waals surface area contributed by atoms with Crippen LogP contribution in [0.4, 0.5) is 13.2 Å². The lowest BCUT2D eigenvalue weighted by Gasteiger charge is -2.11. The normalized spacial score (nSPS) is 11.4. The third kappa shape index (κ3) is 5.02. The second kappa shape index (κ2) is 8.20. The predicted molar refractivity (Wildman–Crippen MR) is 97.8 cm³/mol. The van der Waals surface area contributed by atoms with E-state index in [0.29, 0.717) is 16.1 Å². The molecule has 2 aromatic carbocycles. The number of nitrogens with zero attached hydrogens (tertiary/aromatic N) is 2. The molecule has 3 aromatic rings. The van der Waals surface area contributed by atoms with Gasteiger partial charge in [-0.05, 0) is 29.3 Å². The molecular formula is C19H11ClF3N2O2S-. The molecule has 28 heavy (non-hydrogen) atoms. The van der Waals surface area contributed by atoms with E-state index in [0.717, 1.165) is 17.8 Å². The Balaban J connectivity index is 1.88. The van der Waals surface area contributed by atoms with E-state index in [2.05, 4.69) is 9.97 Å². The van der Waals surface area contributed by atoms with Gasteiger partial charge in [0.25, 0.3) is 0 Å². The van der Waals surface area contributed by atoms with Crippen LogP contribution in [-0.4, -0.2) is 15.9 Å². The fourth-order valence-corrected chi connectivity index (χ4v) is 3.23. The molecule has 1 heterocycles. The molecule has 4 nitrogen and oxygen atoms in total. The summed E-state index contributed by atoms with van der Waals surface area (Å²) < 4.78 is 39.7. The average molecular weight is 424 g/mol. The molecule has 0 aliphatic heterocycles. The minimum atomic E-state index is -4.62. The number of thioether (sulfide) groups is 1. The zero-order chi connectivity index (χ0) is 20.3. The van der Waals surface area contributed by atoms with Crippen molar-refractivity contribution in [1.29, 1.82) is 0 Å². The molecule has 0 saturated heterocycles. The first-order valence-corrected chi connectivity index (χ1v) is 9.24. The number of hydrogen-bond donors (Lipinski definition) is 0. The van der Waals surface area contributed by atoms with Gasteiger partial charge in [-0.15, -0.1) is 0 Å². The van der Waals surface area contributed by atoms with Crippen molar-refractivity contribution in [3.05, 3.63) is 76.4 Å². The molecule has 1 aromatic heterocycles. The highest BCUT2D eigenvalue weighted by Gasteiger charge is 2.33. The second-order valence-corrected chi connectivity index (χ2v) is 7.08. The van der Waals surface area contributed by atoms with Crippen LogP contribution in [0, 0.1) is 0 Å². The number of aromatic carboxylic acids is 1. The van der Waals surface area contributed by atoms with Crippen LogP contribution in [0.2, 0.25) is 5.02 Å². The van der Waals surface area contributed by atoms with Crippen LogP contribution in [0.3, 0.4) is 0 Å². The molecule has 0 bridgehead atoms. The number of carboxylic acid groups (broad SMARTS) is 1. The van der Waals surface area contributed by atoms with Crippen molar-refractivity contribution in [2.45, 2.75) is 17.1 Å². The summed E-state index contributed by atoms with van der Waals surface area (Å²) in [6.07, 6.45) is -4.62. The van der Waals surface area contributed by atoms with E-state index < -0.39 is 17.8 Å². The molecule has 0 atom stereocenters. The number of halogens is 4. The largest absolute Gasteiger partial charge is 0.545 e. The Morgan fingerprint density at radius 1 is 1.04 bits per heavy atom. The third-order valence-corrected chi connectivity index (χ3v) is 4.86. The van der Waals surface area contributed by atoms with Crippen molar-refractivity contribution >= 4 is 29.3 Å². The maximum atomic E-state index is 13.2. The average Bonchev–Trinajstić information content (AvgIpc) is 2.66. The summed E-state index contributed by atoms with van der Waals surface area (Å²) in [6.45, 7) is 0. The van der Waals surface area contributed by atoms with E-state index in [1.807, 2.05) is 0 Å². The van der Waals surface area contributed by atoms with Gasteiger partial charge in [-0.25, -0.2) is 9.97 Å². The van der Waals surface area contributed by atoms with E-state index >= 15 is 0 Å². The summed E-state index contributed by atoms with van der Waals surface area (Å²) >= 11 is 6.84. The molecular weight excluding hydrogens is 413 g/mol. The van der Waals surface area contributed by atoms with Crippen molar-refractivity contribution < 1.29 is 23.1 Å². The first-order valence-electron chi connectivity index (χ1n) is 7.88. The quantitative estimate of drug-likeness (QED) is 0.447. The van der Waals surface area contributed by atoms with E-state index in [9.17, 15) is 23.1 Å². The number of hydrogen-bond acceptors (Lipinski definition) is 5. The molecule has 144 valence electrons. The van der Waals surface area contributed by atoms with Crippen LogP contribution in [0.15, 0.2) is 59.8 Å².